The fourth-order valence-electron chi connectivity index (χ4n) is 13.6. The maximum absolute atomic E-state index is 8.86. The van der Waals surface area contributed by atoms with Gasteiger partial charge < -0.3 is 9.31 Å². The molecule has 1 saturated heterocycles. The summed E-state index contributed by atoms with van der Waals surface area (Å²) in [4.78, 5) is 0. The molecule has 90 heavy (non-hydrogen) atoms. The fraction of sp³-hybridized carbons (Fsp3) is 0.0698. The Hall–Kier alpha value is -10.1. The Morgan fingerprint density at radius 1 is 0.289 bits per heavy atom. The maximum Gasteiger partial charge on any atom is 0.494 e. The first-order valence-electron chi connectivity index (χ1n) is 35.3. The topological polar surface area (TPSA) is 18.5 Å². The molecule has 0 aliphatic carbocycles. The number of halogens is 1. The number of hydrogen-bond acceptors (Lipinski definition) is 2. The van der Waals surface area contributed by atoms with Crippen LogP contribution in [0.15, 0.2) is 303 Å². The average molecular weight is 1180 g/mol. The third-order valence-corrected chi connectivity index (χ3v) is 18.8. The zero-order valence-electron chi connectivity index (χ0n) is 59.9. The number of fused-ring (bicyclic) bond motifs is 10. The van der Waals surface area contributed by atoms with Gasteiger partial charge in [-0.2, -0.15) is 0 Å². The first-order chi connectivity index (χ1) is 48.2. The van der Waals surface area contributed by atoms with E-state index in [0.29, 0.717) is 16.1 Å². The van der Waals surface area contributed by atoms with Gasteiger partial charge in [-0.05, 0) is 210 Å². The molecule has 1 aliphatic heterocycles. The highest BCUT2D eigenvalue weighted by Crippen LogP contribution is 2.47. The van der Waals surface area contributed by atoms with Crippen LogP contribution in [-0.2, 0) is 9.31 Å². The lowest BCUT2D eigenvalue weighted by atomic mass is 9.77. The highest BCUT2D eigenvalue weighted by atomic mass is 35.5. The van der Waals surface area contributed by atoms with Crippen molar-refractivity contribution >= 4 is 110 Å². The molecular weight excluding hydrogens is 1110 g/mol. The lowest BCUT2D eigenvalue weighted by Gasteiger charge is -2.32. The van der Waals surface area contributed by atoms with E-state index in [1.807, 2.05) is 97.1 Å². The first kappa shape index (κ1) is 45.2. The highest BCUT2D eigenvalue weighted by Gasteiger charge is 2.51. The van der Waals surface area contributed by atoms with Crippen molar-refractivity contribution in [3.8, 4) is 66.8 Å². The van der Waals surface area contributed by atoms with Gasteiger partial charge in [-0.1, -0.05) is 290 Å². The van der Waals surface area contributed by atoms with E-state index < -0.39 is 30.4 Å². The molecule has 0 saturated carbocycles. The molecule has 1 fully saturated rings. The minimum Gasteiger partial charge on any atom is -0.399 e. The molecule has 0 aromatic heterocycles. The van der Waals surface area contributed by atoms with E-state index in [-0.39, 0.29) is 59.5 Å². The maximum atomic E-state index is 8.86. The summed E-state index contributed by atoms with van der Waals surface area (Å²) in [5, 5.41) is 17.0. The predicted molar refractivity (Wildman–Crippen MR) is 386 cm³/mol. The summed E-state index contributed by atoms with van der Waals surface area (Å²) < 4.78 is 98.0. The van der Waals surface area contributed by atoms with Crippen LogP contribution in [0.2, 0.25) is 5.02 Å². The number of hydrogen-bond donors (Lipinski definition) is 0. The van der Waals surface area contributed by atoms with E-state index in [2.05, 4.69) is 173 Å². The van der Waals surface area contributed by atoms with Gasteiger partial charge in [0.25, 0.3) is 0 Å². The summed E-state index contributed by atoms with van der Waals surface area (Å²) >= 11 is 6.39. The number of rotatable bonds is 7. The monoisotopic (exact) mass is 1180 g/mol. The smallest absolute Gasteiger partial charge is 0.399 e. The summed E-state index contributed by atoms with van der Waals surface area (Å²) in [6.45, 7) is 8.29. The van der Waals surface area contributed by atoms with Crippen molar-refractivity contribution in [1.29, 1.82) is 0 Å². The normalized spacial score (nSPS) is 15.2. The molecule has 0 unspecified atom stereocenters. The van der Waals surface area contributed by atoms with Gasteiger partial charge in [0, 0.05) is 5.02 Å². The van der Waals surface area contributed by atoms with Crippen LogP contribution in [0.25, 0.3) is 153 Å². The Morgan fingerprint density at radius 2 is 0.589 bits per heavy atom. The summed E-state index contributed by atoms with van der Waals surface area (Å²) in [6, 6.07) is 80.0. The van der Waals surface area contributed by atoms with E-state index >= 15 is 0 Å². The zero-order valence-corrected chi connectivity index (χ0v) is 50.6. The van der Waals surface area contributed by atoms with E-state index in [9.17, 15) is 0 Å². The molecule has 16 aromatic carbocycles. The Morgan fingerprint density at radius 3 is 0.956 bits per heavy atom. The van der Waals surface area contributed by atoms with Gasteiger partial charge in [0.05, 0.1) is 24.9 Å². The Labute approximate surface area is 544 Å². The lowest BCUT2D eigenvalue weighted by molar-refractivity contribution is 0.00578. The summed E-state index contributed by atoms with van der Waals surface area (Å²) in [6.07, 6.45) is 0. The molecule has 2 nitrogen and oxygen atoms in total. The quantitative estimate of drug-likeness (QED) is 0.0899. The van der Waals surface area contributed by atoms with Crippen LogP contribution >= 0.6 is 11.6 Å². The molecule has 0 amide bonds. The van der Waals surface area contributed by atoms with Gasteiger partial charge >= 0.3 is 7.12 Å². The molecule has 0 N–H and O–H groups in total. The van der Waals surface area contributed by atoms with Crippen molar-refractivity contribution in [3.63, 3.8) is 0 Å². The van der Waals surface area contributed by atoms with Crippen LogP contribution < -0.4 is 5.46 Å². The lowest BCUT2D eigenvalue weighted by Crippen LogP contribution is -2.41. The largest absolute Gasteiger partial charge is 0.494 e. The molecular formula is C86H62BClO2. The third kappa shape index (κ3) is 9.43. The van der Waals surface area contributed by atoms with E-state index in [1.165, 1.54) is 26.9 Å². The van der Waals surface area contributed by atoms with Crippen molar-refractivity contribution in [1.82, 2.24) is 0 Å². The fourth-order valence-corrected chi connectivity index (χ4v) is 13.8. The average Bonchev–Trinajstić information content (AvgIpc) is 0.897. The van der Waals surface area contributed by atoms with Gasteiger partial charge in [0.15, 0.2) is 0 Å². The van der Waals surface area contributed by atoms with Crippen molar-refractivity contribution in [2.75, 3.05) is 0 Å². The zero-order chi connectivity index (χ0) is 69.4. The summed E-state index contributed by atoms with van der Waals surface area (Å²) in [5.74, 6) is 0. The van der Waals surface area contributed by atoms with Crippen LogP contribution in [0.5, 0.6) is 0 Å². The summed E-state index contributed by atoms with van der Waals surface area (Å²) in [5.41, 5.74) is 10.4. The van der Waals surface area contributed by atoms with Crippen LogP contribution in [0.1, 0.15) is 41.4 Å². The molecule has 0 atom stereocenters. The molecule has 0 radical (unpaired) electrons. The molecule has 16 aromatic rings. The van der Waals surface area contributed by atoms with Gasteiger partial charge in [0.1, 0.15) is 0 Å². The Kier molecular flexibility index (Phi) is 11.1. The number of benzene rings is 16. The summed E-state index contributed by atoms with van der Waals surface area (Å²) in [7, 11) is -0.454. The molecule has 0 spiro atoms. The molecule has 4 heteroatoms. The Bertz CT molecular complexity index is 5950. The minimum atomic E-state index is -0.454. The second-order valence-corrected chi connectivity index (χ2v) is 24.6. The second-order valence-electron chi connectivity index (χ2n) is 24.2. The standard InChI is InChI=1S/C46H37BO2.C40H25Cl/c1-45(2)46(3,4)49-47(48-45)34-26-27-35-33(28-34)29-42(37-17-9-8-16-36(35)37)30-22-24-32(25-23-30)44-40-20-12-10-18-38(40)43(31-14-6-5-7-15-31)39-19-11-13-21-41(39)44;41-30-22-23-31-29(24-30)25-38(33-13-5-4-12-32(31)33)26-18-20-28(21-19-26)40-36-16-8-6-14-34(36)39(27-10-2-1-3-11-27)35-15-7-9-17-37(35)40/h5-29H,1-4H3;1-25H/i5D,6D,7D,14D,15D;1D,2D,3D,10D,11D. The van der Waals surface area contributed by atoms with Gasteiger partial charge in [-0.3, -0.25) is 0 Å². The molecule has 17 rings (SSSR count). The predicted octanol–water partition coefficient (Wildman–Crippen LogP) is 23.6. The van der Waals surface area contributed by atoms with Crippen molar-refractivity contribution < 1.29 is 23.0 Å². The van der Waals surface area contributed by atoms with Gasteiger partial charge in [-0.25, -0.2) is 0 Å². The van der Waals surface area contributed by atoms with Gasteiger partial charge in [-0.15, -0.1) is 0 Å². The second kappa shape index (κ2) is 22.2. The van der Waals surface area contributed by atoms with E-state index in [1.54, 1.807) is 0 Å². The Balaban J connectivity index is 0.000000158. The van der Waals surface area contributed by atoms with Crippen molar-refractivity contribution in [2.45, 2.75) is 38.9 Å². The molecule has 1 heterocycles. The third-order valence-electron chi connectivity index (χ3n) is 18.6. The molecule has 1 aliphatic rings. The van der Waals surface area contributed by atoms with Crippen LogP contribution in [0.4, 0.5) is 0 Å². The van der Waals surface area contributed by atoms with Crippen molar-refractivity contribution in [2.24, 2.45) is 0 Å². The molecule has 428 valence electrons. The minimum absolute atomic E-state index is 0.206. The van der Waals surface area contributed by atoms with Crippen LogP contribution in [0, 0.1) is 0 Å². The SMILES string of the molecule is [2H]c1c([2H])c([2H])c(-c2c3ccccc3c(-c3ccc(-c4cc5cc(B6OC(C)(C)C(C)(C)O6)ccc5c5ccccc45)cc3)c3ccccc23)c([2H])c1[2H].[2H]c1c([2H])c([2H])c(-c2c3ccccc3c(-c3ccc(-c4cc5cc(Cl)ccc5c5ccccc45)cc3)c3ccccc23)c([2H])c1[2H]. The van der Waals surface area contributed by atoms with Crippen LogP contribution in [-0.4, -0.2) is 18.3 Å². The van der Waals surface area contributed by atoms with Gasteiger partial charge in [0.2, 0.25) is 0 Å². The first-order valence-corrected chi connectivity index (χ1v) is 30.7. The van der Waals surface area contributed by atoms with Crippen molar-refractivity contribution in [3.05, 3.63) is 308 Å². The molecule has 0 bridgehead atoms. The van der Waals surface area contributed by atoms with Crippen LogP contribution in [0.3, 0.4) is 0 Å². The van der Waals surface area contributed by atoms with E-state index in [0.717, 1.165) is 109 Å². The highest BCUT2D eigenvalue weighted by molar-refractivity contribution is 6.62. The van der Waals surface area contributed by atoms with E-state index in [4.69, 9.17) is 34.6 Å².